The normalized spacial score (nSPS) is 11.0. The molecular weight excluding hydrogens is 326 g/mol. The van der Waals surface area contributed by atoms with E-state index in [4.69, 9.17) is 12.2 Å². The van der Waals surface area contributed by atoms with E-state index in [0.29, 0.717) is 16.2 Å². The molecule has 1 aromatic heterocycles. The van der Waals surface area contributed by atoms with Gasteiger partial charge in [-0.3, -0.25) is 10.1 Å². The van der Waals surface area contributed by atoms with Gasteiger partial charge < -0.3 is 0 Å². The Hall–Kier alpha value is -3.13. The standard InChI is InChI=1S/C16H13N5O2S/c1-11-5-4-7-12(9-11)15-18-19-16(24)20(15)17-10-13-6-2-3-8-14(13)21(22)23/h2-10H,1H3,(H,19,24)/b17-10+. The van der Waals surface area contributed by atoms with Crippen LogP contribution in [0.5, 0.6) is 0 Å². The Bertz CT molecular complexity index is 990. The van der Waals surface area contributed by atoms with Crippen molar-refractivity contribution in [3.05, 3.63) is 74.5 Å². The molecule has 0 unspecified atom stereocenters. The van der Waals surface area contributed by atoms with Crippen molar-refractivity contribution in [2.75, 3.05) is 0 Å². The number of aromatic amines is 1. The van der Waals surface area contributed by atoms with Gasteiger partial charge in [-0.05, 0) is 31.3 Å². The monoisotopic (exact) mass is 339 g/mol. The lowest BCUT2D eigenvalue weighted by molar-refractivity contribution is -0.385. The van der Waals surface area contributed by atoms with Crippen molar-refractivity contribution in [1.82, 2.24) is 14.9 Å². The van der Waals surface area contributed by atoms with Crippen LogP contribution in [0.15, 0.2) is 53.6 Å². The fourth-order valence-electron chi connectivity index (χ4n) is 2.25. The molecule has 0 saturated heterocycles. The van der Waals surface area contributed by atoms with Gasteiger partial charge in [-0.2, -0.15) is 14.9 Å². The number of nitro groups is 1. The first-order valence-electron chi connectivity index (χ1n) is 7.08. The molecular formula is C16H13N5O2S. The fraction of sp³-hybridized carbons (Fsp3) is 0.0625. The van der Waals surface area contributed by atoms with E-state index in [1.54, 1.807) is 18.2 Å². The van der Waals surface area contributed by atoms with E-state index in [1.807, 2.05) is 31.2 Å². The number of nitrogens with one attached hydrogen (secondary N) is 1. The number of aryl methyl sites for hydroxylation is 1. The number of rotatable bonds is 4. The third-order valence-electron chi connectivity index (χ3n) is 3.37. The van der Waals surface area contributed by atoms with Crippen molar-refractivity contribution < 1.29 is 4.92 Å². The van der Waals surface area contributed by atoms with Gasteiger partial charge in [0, 0.05) is 11.6 Å². The molecule has 8 heteroatoms. The molecule has 0 spiro atoms. The smallest absolute Gasteiger partial charge is 0.258 e. The van der Waals surface area contributed by atoms with Crippen LogP contribution >= 0.6 is 12.2 Å². The molecule has 120 valence electrons. The summed E-state index contributed by atoms with van der Waals surface area (Å²) in [7, 11) is 0. The summed E-state index contributed by atoms with van der Waals surface area (Å²) in [5.74, 6) is 0.540. The zero-order chi connectivity index (χ0) is 17.1. The summed E-state index contributed by atoms with van der Waals surface area (Å²) in [6.45, 7) is 1.98. The molecule has 24 heavy (non-hydrogen) atoms. The molecule has 0 atom stereocenters. The van der Waals surface area contributed by atoms with Crippen LogP contribution in [0.2, 0.25) is 0 Å². The van der Waals surface area contributed by atoms with Crippen molar-refractivity contribution in [3.8, 4) is 11.4 Å². The topological polar surface area (TPSA) is 89.1 Å². The van der Waals surface area contributed by atoms with Crippen LogP contribution in [0.1, 0.15) is 11.1 Å². The van der Waals surface area contributed by atoms with Crippen LogP contribution in [0, 0.1) is 21.8 Å². The second kappa shape index (κ2) is 6.55. The maximum Gasteiger partial charge on any atom is 0.278 e. The van der Waals surface area contributed by atoms with Crippen LogP contribution in [0.25, 0.3) is 11.4 Å². The summed E-state index contributed by atoms with van der Waals surface area (Å²) in [5.41, 5.74) is 2.30. The zero-order valence-corrected chi connectivity index (χ0v) is 13.5. The number of nitro benzene ring substituents is 1. The Morgan fingerprint density at radius 2 is 2.08 bits per heavy atom. The van der Waals surface area contributed by atoms with Crippen molar-refractivity contribution in [3.63, 3.8) is 0 Å². The molecule has 0 aliphatic rings. The van der Waals surface area contributed by atoms with Crippen LogP contribution in [-0.2, 0) is 0 Å². The Morgan fingerprint density at radius 1 is 1.29 bits per heavy atom. The van der Waals surface area contributed by atoms with Gasteiger partial charge in [0.2, 0.25) is 4.77 Å². The largest absolute Gasteiger partial charge is 0.278 e. The Kier molecular flexibility index (Phi) is 4.30. The van der Waals surface area contributed by atoms with Gasteiger partial charge in [-0.1, -0.05) is 35.9 Å². The van der Waals surface area contributed by atoms with E-state index in [1.165, 1.54) is 17.0 Å². The van der Waals surface area contributed by atoms with Crippen LogP contribution in [0.3, 0.4) is 0 Å². The summed E-state index contributed by atoms with van der Waals surface area (Å²) in [4.78, 5) is 10.6. The molecule has 0 amide bonds. The average molecular weight is 339 g/mol. The summed E-state index contributed by atoms with van der Waals surface area (Å²) in [5, 5.41) is 22.2. The first-order valence-corrected chi connectivity index (χ1v) is 7.49. The van der Waals surface area contributed by atoms with Gasteiger partial charge in [0.25, 0.3) is 5.69 Å². The van der Waals surface area contributed by atoms with Gasteiger partial charge in [-0.15, -0.1) is 0 Å². The SMILES string of the molecule is Cc1cccc(-c2n[nH]c(=S)n2/N=C/c2ccccc2[N+](=O)[O-])c1. The lowest BCUT2D eigenvalue weighted by Crippen LogP contribution is -1.98. The van der Waals surface area contributed by atoms with E-state index in [9.17, 15) is 10.1 Å². The molecule has 7 nitrogen and oxygen atoms in total. The minimum Gasteiger partial charge on any atom is -0.258 e. The number of benzene rings is 2. The van der Waals surface area contributed by atoms with Gasteiger partial charge in [0.05, 0.1) is 16.7 Å². The molecule has 3 aromatic rings. The number of nitrogens with zero attached hydrogens (tertiary/aromatic N) is 4. The summed E-state index contributed by atoms with van der Waals surface area (Å²) >= 11 is 5.20. The predicted octanol–water partition coefficient (Wildman–Crippen LogP) is 3.71. The third kappa shape index (κ3) is 3.13. The summed E-state index contributed by atoms with van der Waals surface area (Å²) in [6, 6.07) is 14.1. The minimum absolute atomic E-state index is 0.0200. The van der Waals surface area contributed by atoms with Gasteiger partial charge >= 0.3 is 0 Å². The van der Waals surface area contributed by atoms with Crippen LogP contribution in [0.4, 0.5) is 5.69 Å². The van der Waals surface area contributed by atoms with Gasteiger partial charge in [-0.25, -0.2) is 5.10 Å². The maximum atomic E-state index is 11.1. The van der Waals surface area contributed by atoms with Crippen molar-refractivity contribution in [2.24, 2.45) is 5.10 Å². The maximum absolute atomic E-state index is 11.1. The number of aromatic nitrogens is 3. The Morgan fingerprint density at radius 3 is 2.83 bits per heavy atom. The first kappa shape index (κ1) is 15.8. The molecule has 0 bridgehead atoms. The molecule has 0 aliphatic heterocycles. The molecule has 2 aromatic carbocycles. The second-order valence-corrected chi connectivity index (χ2v) is 5.48. The van der Waals surface area contributed by atoms with Crippen LogP contribution in [-0.4, -0.2) is 26.0 Å². The quantitative estimate of drug-likeness (QED) is 0.340. The Balaban J connectivity index is 2.05. The lowest BCUT2D eigenvalue weighted by Gasteiger charge is -2.02. The van der Waals surface area contributed by atoms with Crippen molar-refractivity contribution in [2.45, 2.75) is 6.92 Å². The number of H-pyrrole nitrogens is 1. The molecule has 3 rings (SSSR count). The van der Waals surface area contributed by atoms with Crippen molar-refractivity contribution >= 4 is 24.1 Å². The van der Waals surface area contributed by atoms with E-state index in [-0.39, 0.29) is 5.69 Å². The van der Waals surface area contributed by atoms with Gasteiger partial charge in [0.1, 0.15) is 0 Å². The molecule has 1 heterocycles. The molecule has 0 radical (unpaired) electrons. The van der Waals surface area contributed by atoms with E-state index >= 15 is 0 Å². The summed E-state index contributed by atoms with van der Waals surface area (Å²) < 4.78 is 1.75. The highest BCUT2D eigenvalue weighted by molar-refractivity contribution is 7.71. The third-order valence-corrected chi connectivity index (χ3v) is 3.64. The average Bonchev–Trinajstić information content (AvgIpc) is 2.94. The minimum atomic E-state index is -0.447. The number of hydrogen-bond acceptors (Lipinski definition) is 5. The van der Waals surface area contributed by atoms with E-state index < -0.39 is 4.92 Å². The predicted molar refractivity (Wildman–Crippen MR) is 93.7 cm³/mol. The Labute approximate surface area is 142 Å². The van der Waals surface area contributed by atoms with Crippen LogP contribution < -0.4 is 0 Å². The van der Waals surface area contributed by atoms with E-state index in [0.717, 1.165) is 11.1 Å². The summed E-state index contributed by atoms with van der Waals surface area (Å²) in [6.07, 6.45) is 1.41. The highest BCUT2D eigenvalue weighted by atomic mass is 32.1. The first-order chi connectivity index (χ1) is 11.6. The molecule has 0 aliphatic carbocycles. The molecule has 1 N–H and O–H groups in total. The molecule has 0 fully saturated rings. The molecule has 0 saturated carbocycles. The number of hydrogen-bond donors (Lipinski definition) is 1. The highest BCUT2D eigenvalue weighted by Gasteiger charge is 2.12. The van der Waals surface area contributed by atoms with Gasteiger partial charge in [0.15, 0.2) is 5.82 Å². The van der Waals surface area contributed by atoms with E-state index in [2.05, 4.69) is 15.3 Å². The number of para-hydroxylation sites is 1. The fourth-order valence-corrected chi connectivity index (χ4v) is 2.43. The zero-order valence-electron chi connectivity index (χ0n) is 12.7. The lowest BCUT2D eigenvalue weighted by atomic mass is 10.1. The second-order valence-electron chi connectivity index (χ2n) is 5.09. The van der Waals surface area contributed by atoms with Crippen molar-refractivity contribution in [1.29, 1.82) is 0 Å². The highest BCUT2D eigenvalue weighted by Crippen LogP contribution is 2.19.